The molecule has 0 bridgehead atoms. The van der Waals surface area contributed by atoms with E-state index in [1.54, 1.807) is 6.92 Å². The van der Waals surface area contributed by atoms with Crippen molar-refractivity contribution in [1.82, 2.24) is 4.31 Å². The largest absolute Gasteiger partial charge is 0.469 e. The van der Waals surface area contributed by atoms with Crippen LogP contribution in [0, 0.1) is 5.92 Å². The summed E-state index contributed by atoms with van der Waals surface area (Å²) in [5.74, 6) is -1.13. The quantitative estimate of drug-likeness (QED) is 0.743. The molecule has 0 aromatic heterocycles. The molecule has 9 heteroatoms. The Morgan fingerprint density at radius 1 is 1.29 bits per heavy atom. The Hall–Kier alpha value is -0.530. The van der Waals surface area contributed by atoms with Crippen molar-refractivity contribution in [3.05, 3.63) is 27.2 Å². The van der Waals surface area contributed by atoms with E-state index in [9.17, 15) is 13.2 Å². The van der Waals surface area contributed by atoms with E-state index >= 15 is 0 Å². The predicted octanol–water partition coefficient (Wildman–Crippen LogP) is 3.08. The fourth-order valence-electron chi connectivity index (χ4n) is 1.69. The van der Waals surface area contributed by atoms with Crippen molar-refractivity contribution in [2.75, 3.05) is 20.7 Å². The molecule has 0 heterocycles. The van der Waals surface area contributed by atoms with Crippen molar-refractivity contribution in [3.63, 3.8) is 0 Å². The van der Waals surface area contributed by atoms with Crippen LogP contribution in [0.5, 0.6) is 0 Å². The van der Waals surface area contributed by atoms with Gasteiger partial charge >= 0.3 is 5.97 Å². The Labute approximate surface area is 138 Å². The molecule has 0 amide bonds. The number of rotatable bonds is 5. The second-order valence-electron chi connectivity index (χ2n) is 4.41. The van der Waals surface area contributed by atoms with E-state index in [1.807, 2.05) is 0 Å². The van der Waals surface area contributed by atoms with E-state index < -0.39 is 21.9 Å². The zero-order valence-corrected chi connectivity index (χ0v) is 14.6. The van der Waals surface area contributed by atoms with Crippen molar-refractivity contribution in [3.8, 4) is 0 Å². The molecule has 0 spiro atoms. The molecule has 0 radical (unpaired) electrons. The summed E-state index contributed by atoms with van der Waals surface area (Å²) in [4.78, 5) is 11.1. The minimum absolute atomic E-state index is 0.0652. The lowest BCUT2D eigenvalue weighted by Crippen LogP contribution is -2.34. The van der Waals surface area contributed by atoms with Crippen molar-refractivity contribution >= 4 is 50.8 Å². The van der Waals surface area contributed by atoms with Crippen LogP contribution in [0.2, 0.25) is 15.1 Å². The zero-order valence-electron chi connectivity index (χ0n) is 11.6. The number of esters is 1. The number of hydrogen-bond donors (Lipinski definition) is 0. The van der Waals surface area contributed by atoms with Crippen molar-refractivity contribution in [2.45, 2.75) is 11.8 Å². The average Bonchev–Trinajstić information content (AvgIpc) is 2.35. The average molecular weight is 375 g/mol. The van der Waals surface area contributed by atoms with Gasteiger partial charge in [0.2, 0.25) is 10.0 Å². The van der Waals surface area contributed by atoms with Crippen molar-refractivity contribution in [2.24, 2.45) is 5.92 Å². The first-order valence-corrected chi connectivity index (χ1v) is 8.37. The minimum Gasteiger partial charge on any atom is -0.469 e. The first-order valence-electron chi connectivity index (χ1n) is 5.80. The van der Waals surface area contributed by atoms with Crippen LogP contribution in [0.4, 0.5) is 0 Å². The SMILES string of the molecule is COC(=O)C(C)CN(C)S(=O)(=O)c1c(Cl)cc(Cl)cc1Cl. The molecule has 0 aliphatic carbocycles. The second kappa shape index (κ2) is 7.15. The maximum Gasteiger partial charge on any atom is 0.309 e. The molecule has 1 unspecified atom stereocenters. The number of benzene rings is 1. The third kappa shape index (κ3) is 4.23. The molecule has 118 valence electrons. The number of carbonyl (C=O) groups excluding carboxylic acids is 1. The highest BCUT2D eigenvalue weighted by atomic mass is 35.5. The maximum absolute atomic E-state index is 12.5. The molecule has 0 N–H and O–H groups in total. The molecule has 21 heavy (non-hydrogen) atoms. The number of sulfonamides is 1. The highest BCUT2D eigenvalue weighted by Crippen LogP contribution is 2.34. The number of methoxy groups -OCH3 is 1. The summed E-state index contributed by atoms with van der Waals surface area (Å²) in [5.41, 5.74) is 0. The minimum atomic E-state index is -3.95. The predicted molar refractivity (Wildman–Crippen MR) is 82.5 cm³/mol. The third-order valence-electron chi connectivity index (χ3n) is 2.77. The Kier molecular flexibility index (Phi) is 6.31. The van der Waals surface area contributed by atoms with E-state index in [-0.39, 0.29) is 26.5 Å². The lowest BCUT2D eigenvalue weighted by atomic mass is 10.2. The fourth-order valence-corrected chi connectivity index (χ4v) is 4.43. The van der Waals surface area contributed by atoms with E-state index in [1.165, 1.54) is 26.3 Å². The highest BCUT2D eigenvalue weighted by Gasteiger charge is 2.29. The summed E-state index contributed by atoms with van der Waals surface area (Å²) in [6.45, 7) is 1.49. The monoisotopic (exact) mass is 373 g/mol. The normalized spacial score (nSPS) is 13.3. The number of ether oxygens (including phenoxy) is 1. The molecular weight excluding hydrogens is 361 g/mol. The standard InChI is InChI=1S/C12H14Cl3NO4S/c1-7(12(17)20-3)6-16(2)21(18,19)11-9(14)4-8(13)5-10(11)15/h4-5,7H,6H2,1-3H3. The lowest BCUT2D eigenvalue weighted by Gasteiger charge is -2.21. The number of hydrogen-bond acceptors (Lipinski definition) is 4. The molecule has 5 nitrogen and oxygen atoms in total. The van der Waals surface area contributed by atoms with Crippen LogP contribution in [0.1, 0.15) is 6.92 Å². The summed E-state index contributed by atoms with van der Waals surface area (Å²) in [6.07, 6.45) is 0. The van der Waals surface area contributed by atoms with Gasteiger partial charge in [-0.15, -0.1) is 0 Å². The Bertz CT molecular complexity index is 625. The van der Waals surface area contributed by atoms with Crippen LogP contribution in [-0.2, 0) is 19.6 Å². The smallest absolute Gasteiger partial charge is 0.309 e. The van der Waals surface area contributed by atoms with E-state index in [0.717, 1.165) is 4.31 Å². The van der Waals surface area contributed by atoms with E-state index in [4.69, 9.17) is 34.8 Å². The first kappa shape index (κ1) is 18.5. The Morgan fingerprint density at radius 3 is 2.19 bits per heavy atom. The van der Waals surface area contributed by atoms with Crippen LogP contribution in [0.25, 0.3) is 0 Å². The van der Waals surface area contributed by atoms with Gasteiger partial charge in [0.25, 0.3) is 0 Å². The summed E-state index contributed by atoms with van der Waals surface area (Å²) in [7, 11) is -1.39. The molecule has 0 fully saturated rings. The van der Waals surface area contributed by atoms with Gasteiger partial charge in [-0.05, 0) is 12.1 Å². The lowest BCUT2D eigenvalue weighted by molar-refractivity contribution is -0.144. The van der Waals surface area contributed by atoms with Gasteiger partial charge in [-0.25, -0.2) is 8.42 Å². The van der Waals surface area contributed by atoms with Gasteiger partial charge in [-0.3, -0.25) is 4.79 Å². The summed E-state index contributed by atoms with van der Waals surface area (Å²) in [5, 5.41) is 0.0738. The van der Waals surface area contributed by atoms with Crippen LogP contribution >= 0.6 is 34.8 Å². The van der Waals surface area contributed by atoms with Gasteiger partial charge in [0.1, 0.15) is 4.90 Å². The van der Waals surface area contributed by atoms with Gasteiger partial charge in [0, 0.05) is 18.6 Å². The summed E-state index contributed by atoms with van der Waals surface area (Å²) >= 11 is 17.6. The molecule has 1 rings (SSSR count). The van der Waals surface area contributed by atoms with Crippen LogP contribution in [0.3, 0.4) is 0 Å². The second-order valence-corrected chi connectivity index (χ2v) is 7.64. The van der Waals surface area contributed by atoms with Gasteiger partial charge in [0.05, 0.1) is 23.1 Å². The molecule has 0 aliphatic heterocycles. The van der Waals surface area contributed by atoms with Crippen LogP contribution < -0.4 is 0 Å². The molecule has 1 aromatic rings. The van der Waals surface area contributed by atoms with E-state index in [0.29, 0.717) is 0 Å². The van der Waals surface area contributed by atoms with Gasteiger partial charge < -0.3 is 4.74 Å². The maximum atomic E-state index is 12.5. The van der Waals surface area contributed by atoms with Crippen LogP contribution in [0.15, 0.2) is 17.0 Å². The zero-order chi connectivity index (χ0) is 16.4. The molecule has 0 saturated heterocycles. The number of nitrogens with zero attached hydrogens (tertiary/aromatic N) is 1. The molecular formula is C12H14Cl3NO4S. The molecule has 0 aliphatic rings. The highest BCUT2D eigenvalue weighted by molar-refractivity contribution is 7.89. The van der Waals surface area contributed by atoms with Crippen molar-refractivity contribution in [1.29, 1.82) is 0 Å². The first-order chi connectivity index (χ1) is 9.61. The van der Waals surface area contributed by atoms with Gasteiger partial charge in [0.15, 0.2) is 0 Å². The summed E-state index contributed by atoms with van der Waals surface area (Å²) < 4.78 is 30.5. The topological polar surface area (TPSA) is 63.7 Å². The van der Waals surface area contributed by atoms with Gasteiger partial charge in [-0.1, -0.05) is 41.7 Å². The summed E-state index contributed by atoms with van der Waals surface area (Å²) in [6, 6.07) is 2.58. The Balaban J connectivity index is 3.15. The van der Waals surface area contributed by atoms with Crippen molar-refractivity contribution < 1.29 is 17.9 Å². The van der Waals surface area contributed by atoms with Gasteiger partial charge in [-0.2, -0.15) is 4.31 Å². The van der Waals surface area contributed by atoms with E-state index in [2.05, 4.69) is 4.74 Å². The fraction of sp³-hybridized carbons (Fsp3) is 0.417. The molecule has 1 aromatic carbocycles. The molecule has 0 saturated carbocycles. The third-order valence-corrected chi connectivity index (χ3v) is 5.73. The van der Waals surface area contributed by atoms with Crippen LogP contribution in [-0.4, -0.2) is 39.4 Å². The Morgan fingerprint density at radius 2 is 1.76 bits per heavy atom. The number of halogens is 3. The molecule has 1 atom stereocenters. The number of carbonyl (C=O) groups is 1.